The highest BCUT2D eigenvalue weighted by Gasteiger charge is 2.14. The zero-order valence-electron chi connectivity index (χ0n) is 10.1. The Bertz CT molecular complexity index is 587. The van der Waals surface area contributed by atoms with Gasteiger partial charge in [-0.3, -0.25) is 4.98 Å². The summed E-state index contributed by atoms with van der Waals surface area (Å²) in [5, 5.41) is 0.813. The Morgan fingerprint density at radius 3 is 2.94 bits per heavy atom. The first-order chi connectivity index (χ1) is 8.83. The number of allylic oxidation sites excluding steroid dienone is 1. The van der Waals surface area contributed by atoms with Crippen molar-refractivity contribution in [3.8, 4) is 0 Å². The number of hydrogen-bond donors (Lipinski definition) is 0. The van der Waals surface area contributed by atoms with Gasteiger partial charge in [0, 0.05) is 17.4 Å². The first kappa shape index (κ1) is 11.5. The average molecular weight is 256 g/mol. The minimum atomic E-state index is 0.813. The molecule has 0 bridgehead atoms. The smallest absolute Gasteiger partial charge is 0.0412 e. The Hall–Kier alpha value is -1.60. The fraction of sp³-hybridized carbons (Fsp3) is 0.188. The van der Waals surface area contributed by atoms with Gasteiger partial charge < -0.3 is 0 Å². The van der Waals surface area contributed by atoms with Gasteiger partial charge in [0.25, 0.3) is 0 Å². The summed E-state index contributed by atoms with van der Waals surface area (Å²) in [4.78, 5) is 4.15. The van der Waals surface area contributed by atoms with E-state index in [-0.39, 0.29) is 0 Å². The van der Waals surface area contributed by atoms with Crippen LogP contribution in [0.25, 0.3) is 11.6 Å². The van der Waals surface area contributed by atoms with Gasteiger partial charge in [0.15, 0.2) is 0 Å². The summed E-state index contributed by atoms with van der Waals surface area (Å²) >= 11 is 6.11. The molecule has 0 saturated carbocycles. The van der Waals surface area contributed by atoms with Crippen LogP contribution in [0.1, 0.15) is 29.5 Å². The van der Waals surface area contributed by atoms with E-state index in [1.54, 1.807) is 6.20 Å². The van der Waals surface area contributed by atoms with Gasteiger partial charge in [-0.05, 0) is 65.8 Å². The number of aryl methyl sites for hydroxylation is 1. The van der Waals surface area contributed by atoms with Crippen LogP contribution in [-0.4, -0.2) is 4.98 Å². The number of halogens is 1. The minimum absolute atomic E-state index is 0.813. The van der Waals surface area contributed by atoms with Gasteiger partial charge in [-0.1, -0.05) is 23.7 Å². The van der Waals surface area contributed by atoms with Crippen LogP contribution < -0.4 is 0 Å². The molecular formula is C16H14ClN. The van der Waals surface area contributed by atoms with E-state index in [4.69, 9.17) is 11.6 Å². The van der Waals surface area contributed by atoms with Crippen LogP contribution in [0.4, 0.5) is 0 Å². The van der Waals surface area contributed by atoms with Crippen molar-refractivity contribution in [2.45, 2.75) is 19.3 Å². The van der Waals surface area contributed by atoms with E-state index in [2.05, 4.69) is 29.3 Å². The van der Waals surface area contributed by atoms with Crippen molar-refractivity contribution in [2.24, 2.45) is 0 Å². The van der Waals surface area contributed by atoms with E-state index in [9.17, 15) is 0 Å². The number of fused-ring (bicyclic) bond motifs is 1. The second-order valence-electron chi connectivity index (χ2n) is 4.61. The molecule has 0 unspecified atom stereocenters. The van der Waals surface area contributed by atoms with Crippen molar-refractivity contribution in [2.75, 3.05) is 0 Å². The molecule has 1 aliphatic carbocycles. The lowest BCUT2D eigenvalue weighted by molar-refractivity contribution is 0.824. The molecule has 1 aromatic heterocycles. The van der Waals surface area contributed by atoms with Crippen LogP contribution in [0.3, 0.4) is 0 Å². The molecular weight excluding hydrogens is 242 g/mol. The summed E-state index contributed by atoms with van der Waals surface area (Å²) in [5.74, 6) is 0. The predicted molar refractivity (Wildman–Crippen MR) is 76.5 cm³/mol. The third-order valence-electron chi connectivity index (χ3n) is 3.34. The molecule has 0 N–H and O–H groups in total. The summed E-state index contributed by atoms with van der Waals surface area (Å²) in [6.07, 6.45) is 9.39. The van der Waals surface area contributed by atoms with Gasteiger partial charge in [0.2, 0.25) is 0 Å². The quantitative estimate of drug-likeness (QED) is 0.725. The molecule has 1 aliphatic rings. The topological polar surface area (TPSA) is 12.9 Å². The van der Waals surface area contributed by atoms with E-state index >= 15 is 0 Å². The summed E-state index contributed by atoms with van der Waals surface area (Å²) in [6, 6.07) is 10.3. The van der Waals surface area contributed by atoms with Gasteiger partial charge >= 0.3 is 0 Å². The molecule has 1 aromatic carbocycles. The molecule has 0 aliphatic heterocycles. The monoisotopic (exact) mass is 255 g/mol. The molecule has 0 saturated heterocycles. The van der Waals surface area contributed by atoms with Crippen LogP contribution in [0.2, 0.25) is 5.02 Å². The normalized spacial score (nSPS) is 16.6. The zero-order valence-corrected chi connectivity index (χ0v) is 10.8. The number of rotatable bonds is 1. The van der Waals surface area contributed by atoms with Crippen molar-refractivity contribution in [3.05, 3.63) is 64.4 Å². The van der Waals surface area contributed by atoms with E-state index in [0.717, 1.165) is 23.4 Å². The number of benzene rings is 1. The van der Waals surface area contributed by atoms with Gasteiger partial charge in [-0.25, -0.2) is 0 Å². The van der Waals surface area contributed by atoms with E-state index < -0.39 is 0 Å². The maximum Gasteiger partial charge on any atom is 0.0412 e. The molecule has 0 spiro atoms. The van der Waals surface area contributed by atoms with Crippen molar-refractivity contribution < 1.29 is 0 Å². The third kappa shape index (κ3) is 2.32. The van der Waals surface area contributed by atoms with Gasteiger partial charge in [0.1, 0.15) is 0 Å². The second-order valence-corrected chi connectivity index (χ2v) is 5.05. The number of aromatic nitrogens is 1. The van der Waals surface area contributed by atoms with Crippen LogP contribution >= 0.6 is 11.6 Å². The van der Waals surface area contributed by atoms with Crippen LogP contribution in [0.15, 0.2) is 42.7 Å². The molecule has 90 valence electrons. The summed E-state index contributed by atoms with van der Waals surface area (Å²) in [7, 11) is 0. The molecule has 0 fully saturated rings. The fourth-order valence-corrected chi connectivity index (χ4v) is 2.65. The average Bonchev–Trinajstić information content (AvgIpc) is 2.41. The summed E-state index contributed by atoms with van der Waals surface area (Å²) in [5.41, 5.74) is 5.23. The maximum atomic E-state index is 6.11. The van der Waals surface area contributed by atoms with Crippen molar-refractivity contribution in [3.63, 3.8) is 0 Å². The molecule has 2 aromatic rings. The Morgan fingerprint density at radius 2 is 2.11 bits per heavy atom. The molecule has 0 radical (unpaired) electrons. The van der Waals surface area contributed by atoms with E-state index in [0.29, 0.717) is 0 Å². The first-order valence-corrected chi connectivity index (χ1v) is 6.60. The SMILES string of the molecule is Clc1ccc2c(c1)/C(=C\c1cccnc1)CCC2. The summed E-state index contributed by atoms with van der Waals surface area (Å²) < 4.78 is 0. The standard InChI is InChI=1S/C16H14ClN/c17-15-7-6-13-4-1-5-14(16(13)10-15)9-12-3-2-8-18-11-12/h2-3,6-11H,1,4-5H2/b14-9-. The Labute approximate surface area is 112 Å². The lowest BCUT2D eigenvalue weighted by atomic mass is 9.86. The third-order valence-corrected chi connectivity index (χ3v) is 3.57. The minimum Gasteiger partial charge on any atom is -0.264 e. The number of hydrogen-bond acceptors (Lipinski definition) is 1. The van der Waals surface area contributed by atoms with Gasteiger partial charge in [-0.2, -0.15) is 0 Å². The predicted octanol–water partition coefficient (Wildman–Crippen LogP) is 4.61. The van der Waals surface area contributed by atoms with Crippen LogP contribution in [-0.2, 0) is 6.42 Å². The Morgan fingerprint density at radius 1 is 1.17 bits per heavy atom. The van der Waals surface area contributed by atoms with Crippen LogP contribution in [0.5, 0.6) is 0 Å². The largest absolute Gasteiger partial charge is 0.264 e. The van der Waals surface area contributed by atoms with Crippen molar-refractivity contribution in [1.29, 1.82) is 0 Å². The maximum absolute atomic E-state index is 6.11. The van der Waals surface area contributed by atoms with Gasteiger partial charge in [0.05, 0.1) is 0 Å². The van der Waals surface area contributed by atoms with Crippen LogP contribution in [0, 0.1) is 0 Å². The fourth-order valence-electron chi connectivity index (χ4n) is 2.48. The first-order valence-electron chi connectivity index (χ1n) is 6.22. The Kier molecular flexibility index (Phi) is 3.16. The van der Waals surface area contributed by atoms with E-state index in [1.807, 2.05) is 18.3 Å². The number of pyridine rings is 1. The molecule has 1 heterocycles. The van der Waals surface area contributed by atoms with Crippen molar-refractivity contribution in [1.82, 2.24) is 4.98 Å². The highest BCUT2D eigenvalue weighted by atomic mass is 35.5. The highest BCUT2D eigenvalue weighted by molar-refractivity contribution is 6.30. The zero-order chi connectivity index (χ0) is 12.4. The van der Waals surface area contributed by atoms with Gasteiger partial charge in [-0.15, -0.1) is 0 Å². The van der Waals surface area contributed by atoms with Crippen molar-refractivity contribution >= 4 is 23.3 Å². The molecule has 18 heavy (non-hydrogen) atoms. The lowest BCUT2D eigenvalue weighted by Crippen LogP contribution is -2.01. The molecule has 1 nitrogen and oxygen atoms in total. The lowest BCUT2D eigenvalue weighted by Gasteiger charge is -2.19. The molecule has 0 amide bonds. The molecule has 2 heteroatoms. The number of nitrogens with zero attached hydrogens (tertiary/aromatic N) is 1. The highest BCUT2D eigenvalue weighted by Crippen LogP contribution is 2.33. The second kappa shape index (κ2) is 4.95. The molecule has 3 rings (SSSR count). The van der Waals surface area contributed by atoms with E-state index in [1.165, 1.54) is 23.1 Å². The summed E-state index contributed by atoms with van der Waals surface area (Å²) in [6.45, 7) is 0. The molecule has 0 atom stereocenters. The Balaban J connectivity index is 2.06.